The van der Waals surface area contributed by atoms with Crippen LogP contribution in [0, 0.1) is 5.82 Å². The van der Waals surface area contributed by atoms with Gasteiger partial charge in [0.05, 0.1) is 0 Å². The summed E-state index contributed by atoms with van der Waals surface area (Å²) in [6, 6.07) is 12.3. The van der Waals surface area contributed by atoms with Crippen LogP contribution in [0.15, 0.2) is 48.5 Å². The molecule has 0 heterocycles. The lowest BCUT2D eigenvalue weighted by molar-refractivity contribution is 0.423. The maximum Gasteiger partial charge on any atom is 0.491 e. The SMILES string of the molecule is OB(O)c1ccccccccc1F. The van der Waals surface area contributed by atoms with Crippen molar-refractivity contribution < 1.29 is 14.4 Å². The summed E-state index contributed by atoms with van der Waals surface area (Å²) in [5, 5.41) is 17.7. The fourth-order valence-corrected chi connectivity index (χ4v) is 0.941. The zero-order valence-corrected chi connectivity index (χ0v) is 7.47. The van der Waals surface area contributed by atoms with Crippen molar-refractivity contribution in [1.29, 1.82) is 0 Å². The van der Waals surface area contributed by atoms with Crippen LogP contribution in [-0.4, -0.2) is 17.2 Å². The minimum Gasteiger partial charge on any atom is -0.423 e. The Labute approximate surface area is 82.1 Å². The summed E-state index contributed by atoms with van der Waals surface area (Å²) >= 11 is 0. The molecule has 0 atom stereocenters. The summed E-state index contributed by atoms with van der Waals surface area (Å²) in [6.45, 7) is 0. The predicted octanol–water partition coefficient (Wildman–Crippen LogP) is 0.630. The van der Waals surface area contributed by atoms with Crippen molar-refractivity contribution in [3.63, 3.8) is 0 Å². The van der Waals surface area contributed by atoms with Crippen LogP contribution in [-0.2, 0) is 0 Å². The molecule has 0 aliphatic carbocycles. The molecule has 0 radical (unpaired) electrons. The quantitative estimate of drug-likeness (QED) is 0.640. The van der Waals surface area contributed by atoms with Gasteiger partial charge in [-0.1, -0.05) is 42.5 Å². The lowest BCUT2D eigenvalue weighted by atomic mass is 9.81. The standard InChI is InChI=1S/C10H10BFO2/c12-10-8-6-4-2-1-3-5-7-9(10)11(13)14/h1-8,13-14H. The van der Waals surface area contributed by atoms with Crippen LogP contribution in [0.5, 0.6) is 0 Å². The Morgan fingerprint density at radius 1 is 0.857 bits per heavy atom. The molecule has 72 valence electrons. The van der Waals surface area contributed by atoms with E-state index in [2.05, 4.69) is 0 Å². The molecule has 0 saturated heterocycles. The summed E-state index contributed by atoms with van der Waals surface area (Å²) < 4.78 is 13.2. The zero-order chi connectivity index (χ0) is 10.4. The van der Waals surface area contributed by atoms with Crippen LogP contribution in [0.1, 0.15) is 0 Å². The second-order valence-corrected chi connectivity index (χ2v) is 2.66. The summed E-state index contributed by atoms with van der Waals surface area (Å²) in [5.41, 5.74) is -0.152. The van der Waals surface area contributed by atoms with E-state index >= 15 is 0 Å². The minimum atomic E-state index is -1.80. The number of hydrogen-bond donors (Lipinski definition) is 2. The van der Waals surface area contributed by atoms with E-state index in [0.717, 1.165) is 0 Å². The molecule has 2 N–H and O–H groups in total. The van der Waals surface area contributed by atoms with E-state index < -0.39 is 12.9 Å². The fourth-order valence-electron chi connectivity index (χ4n) is 0.941. The average molecular weight is 192 g/mol. The van der Waals surface area contributed by atoms with Crippen molar-refractivity contribution in [1.82, 2.24) is 0 Å². The Bertz CT molecular complexity index is 354. The largest absolute Gasteiger partial charge is 0.491 e. The molecule has 14 heavy (non-hydrogen) atoms. The van der Waals surface area contributed by atoms with Gasteiger partial charge in [0.2, 0.25) is 0 Å². The van der Waals surface area contributed by atoms with Crippen molar-refractivity contribution in [2.24, 2.45) is 0 Å². The lowest BCUT2D eigenvalue weighted by Crippen LogP contribution is -2.31. The second kappa shape index (κ2) is 5.37. The smallest absolute Gasteiger partial charge is 0.423 e. The molecule has 0 spiro atoms. The molecule has 0 unspecified atom stereocenters. The Morgan fingerprint density at radius 3 is 1.93 bits per heavy atom. The van der Waals surface area contributed by atoms with Gasteiger partial charge in [0.1, 0.15) is 5.82 Å². The molecule has 0 aliphatic heterocycles. The molecule has 0 aliphatic rings. The van der Waals surface area contributed by atoms with Gasteiger partial charge >= 0.3 is 7.12 Å². The molecular formula is C10H10BFO2. The van der Waals surface area contributed by atoms with Gasteiger partial charge in [-0.3, -0.25) is 0 Å². The maximum absolute atomic E-state index is 13.2. The molecule has 0 aromatic heterocycles. The van der Waals surface area contributed by atoms with Crippen LogP contribution < -0.4 is 5.46 Å². The first-order chi connectivity index (χ1) is 6.72. The van der Waals surface area contributed by atoms with E-state index in [0.29, 0.717) is 0 Å². The monoisotopic (exact) mass is 192 g/mol. The lowest BCUT2D eigenvalue weighted by Gasteiger charge is -1.96. The third-order valence-electron chi connectivity index (χ3n) is 1.63. The van der Waals surface area contributed by atoms with Gasteiger partial charge in [-0.25, -0.2) is 4.39 Å². The van der Waals surface area contributed by atoms with Crippen LogP contribution in [0.4, 0.5) is 4.39 Å². The van der Waals surface area contributed by atoms with Crippen molar-refractivity contribution in [2.75, 3.05) is 0 Å². The van der Waals surface area contributed by atoms with Crippen LogP contribution in [0.2, 0.25) is 0 Å². The minimum absolute atomic E-state index is 0.152. The highest BCUT2D eigenvalue weighted by Gasteiger charge is 2.13. The third-order valence-corrected chi connectivity index (χ3v) is 1.63. The molecule has 0 bridgehead atoms. The van der Waals surface area contributed by atoms with Crippen molar-refractivity contribution >= 4 is 12.6 Å². The van der Waals surface area contributed by atoms with Gasteiger partial charge in [0.15, 0.2) is 0 Å². The summed E-state index contributed by atoms with van der Waals surface area (Å²) in [4.78, 5) is 0. The summed E-state index contributed by atoms with van der Waals surface area (Å²) in [7, 11) is -1.80. The average Bonchev–Trinajstić information content (AvgIpc) is 2.15. The normalized spacial score (nSPS) is 9.07. The Kier molecular flexibility index (Phi) is 4.10. The van der Waals surface area contributed by atoms with Crippen molar-refractivity contribution in [3.8, 4) is 0 Å². The fraction of sp³-hybridized carbons (Fsp3) is 0. The Hall–Kier alpha value is -1.39. The number of rotatable bonds is 1. The first-order valence-electron chi connectivity index (χ1n) is 4.15. The van der Waals surface area contributed by atoms with Gasteiger partial charge in [-0.05, 0) is 6.07 Å². The third kappa shape index (κ3) is 3.16. The molecular weight excluding hydrogens is 182 g/mol. The van der Waals surface area contributed by atoms with Crippen LogP contribution in [0.3, 0.4) is 0 Å². The molecule has 1 aromatic carbocycles. The topological polar surface area (TPSA) is 40.5 Å². The van der Waals surface area contributed by atoms with Crippen LogP contribution in [0.25, 0.3) is 0 Å². The maximum atomic E-state index is 13.2. The van der Waals surface area contributed by atoms with Crippen LogP contribution >= 0.6 is 0 Å². The molecule has 0 fully saturated rings. The van der Waals surface area contributed by atoms with Gasteiger partial charge in [-0.15, -0.1) is 0 Å². The van der Waals surface area contributed by atoms with E-state index in [4.69, 9.17) is 10.0 Å². The zero-order valence-electron chi connectivity index (χ0n) is 7.47. The Morgan fingerprint density at radius 2 is 1.36 bits per heavy atom. The highest BCUT2D eigenvalue weighted by atomic mass is 19.1. The predicted molar refractivity (Wildman–Crippen MR) is 53.9 cm³/mol. The number of hydrogen-bond acceptors (Lipinski definition) is 2. The highest BCUT2D eigenvalue weighted by Crippen LogP contribution is 1.90. The van der Waals surface area contributed by atoms with Gasteiger partial charge in [-0.2, -0.15) is 0 Å². The highest BCUT2D eigenvalue weighted by molar-refractivity contribution is 6.58. The van der Waals surface area contributed by atoms with Gasteiger partial charge < -0.3 is 10.0 Å². The number of halogens is 1. The summed E-state index contributed by atoms with van der Waals surface area (Å²) in [5.74, 6) is -0.656. The molecule has 0 saturated carbocycles. The van der Waals surface area contributed by atoms with Crippen molar-refractivity contribution in [2.45, 2.75) is 0 Å². The van der Waals surface area contributed by atoms with Gasteiger partial charge in [0.25, 0.3) is 0 Å². The van der Waals surface area contributed by atoms with E-state index in [-0.39, 0.29) is 5.46 Å². The first-order valence-corrected chi connectivity index (χ1v) is 4.15. The van der Waals surface area contributed by atoms with E-state index in [1.54, 1.807) is 24.3 Å². The summed E-state index contributed by atoms with van der Waals surface area (Å²) in [6.07, 6.45) is 0. The van der Waals surface area contributed by atoms with Gasteiger partial charge in [0, 0.05) is 5.46 Å². The van der Waals surface area contributed by atoms with E-state index in [9.17, 15) is 4.39 Å². The molecule has 1 aromatic rings. The molecule has 1 rings (SSSR count). The first kappa shape index (κ1) is 10.7. The second-order valence-electron chi connectivity index (χ2n) is 2.66. The van der Waals surface area contributed by atoms with E-state index in [1.165, 1.54) is 24.3 Å². The van der Waals surface area contributed by atoms with E-state index in [1.807, 2.05) is 0 Å². The molecule has 4 heteroatoms. The molecule has 2 nitrogen and oxygen atoms in total. The Balaban J connectivity index is 3.30. The molecule has 0 amide bonds. The van der Waals surface area contributed by atoms with Crippen molar-refractivity contribution in [3.05, 3.63) is 54.3 Å².